The molecule has 3 aromatic carbocycles. The molecule has 14 heteroatoms. The predicted molar refractivity (Wildman–Crippen MR) is 134 cm³/mol. The molecule has 0 bridgehead atoms. The molecule has 1 saturated heterocycles. The van der Waals surface area contributed by atoms with E-state index >= 15 is 0 Å². The van der Waals surface area contributed by atoms with Crippen LogP contribution in [0.3, 0.4) is 0 Å². The molecule has 0 aromatic heterocycles. The summed E-state index contributed by atoms with van der Waals surface area (Å²) in [5, 5.41) is 89.6. The van der Waals surface area contributed by atoms with E-state index in [2.05, 4.69) is 0 Å². The van der Waals surface area contributed by atoms with Crippen LogP contribution < -0.4 is 9.47 Å². The van der Waals surface area contributed by atoms with E-state index in [4.69, 9.17) is 18.9 Å². The van der Waals surface area contributed by atoms with Gasteiger partial charge in [-0.1, -0.05) is 6.07 Å². The van der Waals surface area contributed by atoms with Crippen LogP contribution in [0.5, 0.6) is 46.0 Å². The van der Waals surface area contributed by atoms with Gasteiger partial charge in [-0.3, -0.25) is 0 Å². The molecule has 5 atom stereocenters. The summed E-state index contributed by atoms with van der Waals surface area (Å²) < 4.78 is 22.8. The highest BCUT2D eigenvalue weighted by Crippen LogP contribution is 2.45. The molecular weight excluding hydrogens is 548 g/mol. The summed E-state index contributed by atoms with van der Waals surface area (Å²) in [5.74, 6) is -4.64. The maximum absolute atomic E-state index is 13.1. The van der Waals surface area contributed by atoms with Crippen LogP contribution in [0.15, 0.2) is 42.5 Å². The largest absolute Gasteiger partial charge is 0.508 e. The number of esters is 1. The molecule has 0 aliphatic carbocycles. The quantitative estimate of drug-likeness (QED) is 0.145. The second-order valence-electron chi connectivity index (χ2n) is 9.72. The number of rotatable bonds is 6. The normalized spacial score (nSPS) is 25.2. The summed E-state index contributed by atoms with van der Waals surface area (Å²) >= 11 is 0. The van der Waals surface area contributed by atoms with Gasteiger partial charge in [0.1, 0.15) is 35.1 Å². The second kappa shape index (κ2) is 10.4. The van der Waals surface area contributed by atoms with E-state index < -0.39 is 78.1 Å². The Morgan fingerprint density at radius 3 is 2.29 bits per heavy atom. The van der Waals surface area contributed by atoms with Gasteiger partial charge in [-0.05, 0) is 24.3 Å². The minimum Gasteiger partial charge on any atom is -0.508 e. The van der Waals surface area contributed by atoms with Crippen LogP contribution in [0, 0.1) is 0 Å². The lowest BCUT2D eigenvalue weighted by atomic mass is 9.93. The van der Waals surface area contributed by atoms with E-state index in [1.165, 1.54) is 30.3 Å². The Balaban J connectivity index is 1.51. The Bertz CT molecular complexity index is 1470. The molecule has 3 aromatic rings. The van der Waals surface area contributed by atoms with E-state index in [9.17, 15) is 50.8 Å². The number of phenols is 6. The van der Waals surface area contributed by atoms with Crippen molar-refractivity contribution in [3.05, 3.63) is 59.2 Å². The van der Waals surface area contributed by atoms with Crippen molar-refractivity contribution in [2.45, 2.75) is 36.6 Å². The van der Waals surface area contributed by atoms with Crippen LogP contribution in [0.25, 0.3) is 0 Å². The molecule has 14 nitrogen and oxygen atoms in total. The van der Waals surface area contributed by atoms with E-state index in [-0.39, 0.29) is 40.4 Å². The highest BCUT2D eigenvalue weighted by Gasteiger charge is 2.49. The minimum absolute atomic E-state index is 0.0645. The number of carbonyl (C=O) groups excluding carboxylic acids is 1. The highest BCUT2D eigenvalue weighted by molar-refractivity contribution is 5.91. The summed E-state index contributed by atoms with van der Waals surface area (Å²) in [5.41, 5.74) is -1.80. The summed E-state index contributed by atoms with van der Waals surface area (Å²) in [4.78, 5) is 13.1. The molecule has 0 amide bonds. The third kappa shape index (κ3) is 5.16. The van der Waals surface area contributed by atoms with Crippen molar-refractivity contribution in [2.24, 2.45) is 0 Å². The first-order valence-electron chi connectivity index (χ1n) is 12.2. The third-order valence-electron chi connectivity index (χ3n) is 6.86. The van der Waals surface area contributed by atoms with E-state index in [0.29, 0.717) is 0 Å². The average Bonchev–Trinajstić information content (AvgIpc) is 3.22. The van der Waals surface area contributed by atoms with Crippen molar-refractivity contribution in [1.82, 2.24) is 0 Å². The molecule has 2 aliphatic rings. The molecule has 0 spiro atoms. The Hall–Kier alpha value is -4.63. The van der Waals surface area contributed by atoms with E-state index in [0.717, 1.165) is 12.1 Å². The topological polar surface area (TPSA) is 236 Å². The Kier molecular flexibility index (Phi) is 7.08. The highest BCUT2D eigenvalue weighted by atomic mass is 16.7. The van der Waals surface area contributed by atoms with Crippen LogP contribution >= 0.6 is 0 Å². The lowest BCUT2D eigenvalue weighted by Gasteiger charge is -2.35. The molecule has 41 heavy (non-hydrogen) atoms. The van der Waals surface area contributed by atoms with Crippen molar-refractivity contribution in [3.8, 4) is 46.0 Å². The first kappa shape index (κ1) is 27.9. The van der Waals surface area contributed by atoms with Crippen LogP contribution in [0.2, 0.25) is 0 Å². The molecular formula is C27H26O14. The summed E-state index contributed by atoms with van der Waals surface area (Å²) in [6.45, 7) is -1.25. The van der Waals surface area contributed by atoms with Crippen LogP contribution in [-0.4, -0.2) is 89.2 Å². The van der Waals surface area contributed by atoms with Crippen LogP contribution in [-0.2, 0) is 15.9 Å². The zero-order chi connectivity index (χ0) is 29.6. The number of carbonyl (C=O) groups is 1. The fraction of sp³-hybridized carbons (Fsp3) is 0.296. The van der Waals surface area contributed by atoms with Gasteiger partial charge in [-0.15, -0.1) is 0 Å². The Morgan fingerprint density at radius 2 is 1.66 bits per heavy atom. The maximum Gasteiger partial charge on any atom is 0.338 e. The number of benzene rings is 3. The summed E-state index contributed by atoms with van der Waals surface area (Å²) in [6, 6.07) is 7.96. The SMILES string of the molecule is O=C(O[C@@H]1Cc2c(OC3OC[C@](O)(CO)[C@H]3O)cc(O)cc2O[C@@H]1c1ccc(O)c(O)c1)c1cc(O)c(O)c(O)c1. The number of hydrogen-bond acceptors (Lipinski definition) is 14. The summed E-state index contributed by atoms with van der Waals surface area (Å²) in [7, 11) is 0. The van der Waals surface area contributed by atoms with Crippen molar-refractivity contribution in [3.63, 3.8) is 0 Å². The maximum atomic E-state index is 13.1. The van der Waals surface area contributed by atoms with Gasteiger partial charge in [0.25, 0.3) is 0 Å². The van der Waals surface area contributed by atoms with Gasteiger partial charge in [0.15, 0.2) is 34.9 Å². The first-order chi connectivity index (χ1) is 19.4. The lowest BCUT2D eigenvalue weighted by molar-refractivity contribution is -0.116. The van der Waals surface area contributed by atoms with Crippen molar-refractivity contribution >= 4 is 5.97 Å². The number of aliphatic hydroxyl groups excluding tert-OH is 2. The van der Waals surface area contributed by atoms with Gasteiger partial charge in [-0.25, -0.2) is 4.79 Å². The van der Waals surface area contributed by atoms with Crippen molar-refractivity contribution in [1.29, 1.82) is 0 Å². The summed E-state index contributed by atoms with van der Waals surface area (Å²) in [6.07, 6.45) is -5.57. The van der Waals surface area contributed by atoms with Gasteiger partial charge in [0.05, 0.1) is 18.8 Å². The van der Waals surface area contributed by atoms with Crippen LogP contribution in [0.1, 0.15) is 27.6 Å². The van der Waals surface area contributed by atoms with E-state index in [1.54, 1.807) is 0 Å². The molecule has 1 fully saturated rings. The van der Waals surface area contributed by atoms with Gasteiger partial charge < -0.3 is 64.9 Å². The average molecular weight is 574 g/mol. The number of hydrogen-bond donors (Lipinski definition) is 9. The van der Waals surface area contributed by atoms with E-state index in [1.807, 2.05) is 0 Å². The number of ether oxygens (including phenoxy) is 4. The molecule has 5 rings (SSSR count). The second-order valence-corrected chi connectivity index (χ2v) is 9.72. The van der Waals surface area contributed by atoms with Gasteiger partial charge >= 0.3 is 5.97 Å². The van der Waals surface area contributed by atoms with Gasteiger partial charge in [-0.2, -0.15) is 0 Å². The predicted octanol–water partition coefficient (Wildman–Crippen LogP) is 0.641. The first-order valence-corrected chi connectivity index (χ1v) is 12.2. The zero-order valence-corrected chi connectivity index (χ0v) is 21.0. The molecule has 1 unspecified atom stereocenters. The van der Waals surface area contributed by atoms with Crippen LogP contribution in [0.4, 0.5) is 0 Å². The van der Waals surface area contributed by atoms with Gasteiger partial charge in [0, 0.05) is 29.7 Å². The number of phenolic OH excluding ortho intramolecular Hbond substituents is 6. The Labute approximate surface area is 231 Å². The van der Waals surface area contributed by atoms with Crippen molar-refractivity contribution < 1.29 is 69.7 Å². The Morgan fingerprint density at radius 1 is 0.951 bits per heavy atom. The van der Waals surface area contributed by atoms with Crippen molar-refractivity contribution in [2.75, 3.05) is 13.2 Å². The molecule has 218 valence electrons. The monoisotopic (exact) mass is 574 g/mol. The standard InChI is InChI=1S/C27H26O14/c28-9-27(37)10-38-26(24(27)35)41-20-7-13(29)6-19-14(20)8-21(23(39-19)11-1-2-15(30)16(31)3-11)40-25(36)12-4-17(32)22(34)18(33)5-12/h1-7,21,23-24,26,28-35,37H,8-10H2/t21-,23-,24+,26?,27-/m1/s1. The molecule has 2 heterocycles. The van der Waals surface area contributed by atoms with Gasteiger partial charge in [0.2, 0.25) is 6.29 Å². The molecule has 9 N–H and O–H groups in total. The third-order valence-corrected chi connectivity index (χ3v) is 6.86. The molecule has 0 saturated carbocycles. The fourth-order valence-electron chi connectivity index (χ4n) is 4.59. The molecule has 0 radical (unpaired) electrons. The minimum atomic E-state index is -1.98. The lowest BCUT2D eigenvalue weighted by Crippen LogP contribution is -2.48. The fourth-order valence-corrected chi connectivity index (χ4v) is 4.59. The zero-order valence-electron chi connectivity index (χ0n) is 21.0. The number of aromatic hydroxyl groups is 6. The number of aliphatic hydroxyl groups is 3. The number of fused-ring (bicyclic) bond motifs is 1. The molecule has 2 aliphatic heterocycles. The smallest absolute Gasteiger partial charge is 0.338 e.